The van der Waals surface area contributed by atoms with Gasteiger partial charge in [0.1, 0.15) is 11.0 Å². The molecule has 0 radical (unpaired) electrons. The highest BCUT2D eigenvalue weighted by molar-refractivity contribution is 7.09. The number of alkyl halides is 1. The molecule has 1 aliphatic heterocycles. The van der Waals surface area contributed by atoms with E-state index >= 15 is 0 Å². The molecular formula is C14H17FN4OS2. The molecule has 0 aromatic carbocycles. The summed E-state index contributed by atoms with van der Waals surface area (Å²) in [4.78, 5) is 17.8. The van der Waals surface area contributed by atoms with E-state index in [1.807, 2.05) is 11.4 Å². The van der Waals surface area contributed by atoms with E-state index in [2.05, 4.69) is 20.6 Å². The van der Waals surface area contributed by atoms with Crippen LogP contribution in [0.25, 0.3) is 0 Å². The zero-order valence-corrected chi connectivity index (χ0v) is 13.8. The van der Waals surface area contributed by atoms with Gasteiger partial charge >= 0.3 is 0 Å². The van der Waals surface area contributed by atoms with Crippen LogP contribution in [-0.2, 0) is 6.54 Å². The molecule has 1 aliphatic rings. The zero-order valence-electron chi connectivity index (χ0n) is 12.2. The molecule has 1 saturated heterocycles. The van der Waals surface area contributed by atoms with Gasteiger partial charge in [-0.05, 0) is 29.4 Å². The van der Waals surface area contributed by atoms with E-state index in [0.717, 1.165) is 18.1 Å². The third kappa shape index (κ3) is 3.50. The number of likely N-dealkylation sites (N-methyl/N-ethyl adjacent to an activating group) is 1. The Balaban J connectivity index is 1.63. The first-order chi connectivity index (χ1) is 10.6. The number of amides is 1. The summed E-state index contributed by atoms with van der Waals surface area (Å²) in [6.07, 6.45) is 1.13. The molecule has 5 nitrogen and oxygen atoms in total. The van der Waals surface area contributed by atoms with Gasteiger partial charge in [-0.2, -0.15) is 0 Å². The lowest BCUT2D eigenvalue weighted by Crippen LogP contribution is -2.40. The standard InChI is InChI=1S/C14H17FN4OS2/c1-18(14(20)13-6-16-17-22-13)8-11-5-10(15)7-19(11)9-12-3-2-4-21-12/h2-4,6,10-11H,5,7-9H2,1H3/t10-,11-/m0/s1. The fourth-order valence-electron chi connectivity index (χ4n) is 2.76. The van der Waals surface area contributed by atoms with E-state index < -0.39 is 6.17 Å². The van der Waals surface area contributed by atoms with Crippen molar-refractivity contribution in [2.75, 3.05) is 20.1 Å². The van der Waals surface area contributed by atoms with E-state index in [-0.39, 0.29) is 11.9 Å². The highest BCUT2D eigenvalue weighted by Gasteiger charge is 2.33. The molecule has 0 saturated carbocycles. The Labute approximate surface area is 136 Å². The average Bonchev–Trinajstić information content (AvgIpc) is 3.22. The first-order valence-electron chi connectivity index (χ1n) is 7.07. The van der Waals surface area contributed by atoms with Crippen LogP contribution in [0.1, 0.15) is 21.0 Å². The number of carbonyl (C=O) groups is 1. The van der Waals surface area contributed by atoms with Crippen molar-refractivity contribution in [3.05, 3.63) is 33.5 Å². The fraction of sp³-hybridized carbons (Fsp3) is 0.500. The molecule has 2 atom stereocenters. The predicted molar refractivity (Wildman–Crippen MR) is 84.9 cm³/mol. The van der Waals surface area contributed by atoms with E-state index in [1.165, 1.54) is 11.1 Å². The second kappa shape index (κ2) is 6.80. The van der Waals surface area contributed by atoms with Gasteiger partial charge in [-0.15, -0.1) is 16.4 Å². The Morgan fingerprint density at radius 3 is 3.14 bits per heavy atom. The molecule has 3 heterocycles. The predicted octanol–water partition coefficient (Wildman–Crippen LogP) is 2.28. The summed E-state index contributed by atoms with van der Waals surface area (Å²) in [5.74, 6) is -0.103. The number of carbonyl (C=O) groups excluding carboxylic acids is 1. The summed E-state index contributed by atoms with van der Waals surface area (Å²) in [6.45, 7) is 1.70. The molecule has 0 aliphatic carbocycles. The lowest BCUT2D eigenvalue weighted by Gasteiger charge is -2.27. The molecule has 0 spiro atoms. The number of likely N-dealkylation sites (tertiary alicyclic amines) is 1. The highest BCUT2D eigenvalue weighted by atomic mass is 32.1. The molecule has 2 aromatic heterocycles. The molecular weight excluding hydrogens is 323 g/mol. The van der Waals surface area contributed by atoms with E-state index in [0.29, 0.717) is 24.4 Å². The maximum atomic E-state index is 13.8. The van der Waals surface area contributed by atoms with Gasteiger partial charge in [0.05, 0.1) is 6.20 Å². The summed E-state index contributed by atoms with van der Waals surface area (Å²) in [5.41, 5.74) is 0. The molecule has 1 amide bonds. The second-order valence-corrected chi connectivity index (χ2v) is 7.28. The van der Waals surface area contributed by atoms with Crippen LogP contribution in [0.2, 0.25) is 0 Å². The molecule has 0 bridgehead atoms. The molecule has 3 rings (SSSR count). The Morgan fingerprint density at radius 2 is 2.45 bits per heavy atom. The topological polar surface area (TPSA) is 49.3 Å². The number of thiophene rings is 1. The summed E-state index contributed by atoms with van der Waals surface area (Å²) in [6, 6.07) is 4.11. The minimum atomic E-state index is -0.821. The van der Waals surface area contributed by atoms with Crippen molar-refractivity contribution in [2.45, 2.75) is 25.2 Å². The number of rotatable bonds is 5. The highest BCUT2D eigenvalue weighted by Crippen LogP contribution is 2.25. The van der Waals surface area contributed by atoms with Gasteiger partial charge in [-0.25, -0.2) is 4.39 Å². The molecule has 22 heavy (non-hydrogen) atoms. The maximum Gasteiger partial charge on any atom is 0.267 e. The van der Waals surface area contributed by atoms with Gasteiger partial charge in [0.2, 0.25) is 0 Å². The van der Waals surface area contributed by atoms with Crippen molar-refractivity contribution in [3.63, 3.8) is 0 Å². The van der Waals surface area contributed by atoms with Gasteiger partial charge < -0.3 is 4.90 Å². The average molecular weight is 340 g/mol. The molecule has 1 fully saturated rings. The fourth-order valence-corrected chi connectivity index (χ4v) is 4.00. The van der Waals surface area contributed by atoms with Crippen molar-refractivity contribution in [2.24, 2.45) is 0 Å². The van der Waals surface area contributed by atoms with Crippen LogP contribution in [0.4, 0.5) is 4.39 Å². The van der Waals surface area contributed by atoms with E-state index in [9.17, 15) is 9.18 Å². The number of aromatic nitrogens is 2. The quantitative estimate of drug-likeness (QED) is 0.838. The monoisotopic (exact) mass is 340 g/mol. The molecule has 8 heteroatoms. The van der Waals surface area contributed by atoms with Gasteiger partial charge in [-0.3, -0.25) is 9.69 Å². The number of halogens is 1. The number of hydrogen-bond donors (Lipinski definition) is 0. The summed E-state index contributed by atoms with van der Waals surface area (Å²) < 4.78 is 17.5. The summed E-state index contributed by atoms with van der Waals surface area (Å²) in [5, 5.41) is 5.71. The van der Waals surface area contributed by atoms with Crippen LogP contribution in [0, 0.1) is 0 Å². The Hall–Kier alpha value is -1.38. The second-order valence-electron chi connectivity index (χ2n) is 5.46. The van der Waals surface area contributed by atoms with E-state index in [1.54, 1.807) is 23.3 Å². The van der Waals surface area contributed by atoms with Gasteiger partial charge in [0, 0.05) is 37.6 Å². The van der Waals surface area contributed by atoms with E-state index in [4.69, 9.17) is 0 Å². The Morgan fingerprint density at radius 1 is 1.59 bits per heavy atom. The first kappa shape index (κ1) is 15.5. The van der Waals surface area contributed by atoms with Crippen molar-refractivity contribution in [1.82, 2.24) is 19.4 Å². The minimum Gasteiger partial charge on any atom is -0.339 e. The Bertz CT molecular complexity index is 604. The zero-order chi connectivity index (χ0) is 15.5. The largest absolute Gasteiger partial charge is 0.339 e. The van der Waals surface area contributed by atoms with Crippen LogP contribution in [-0.4, -0.2) is 57.6 Å². The summed E-state index contributed by atoms with van der Waals surface area (Å²) >= 11 is 2.76. The third-order valence-corrected chi connectivity index (χ3v) is 5.33. The van der Waals surface area contributed by atoms with Crippen molar-refractivity contribution in [3.8, 4) is 0 Å². The molecule has 0 unspecified atom stereocenters. The van der Waals surface area contributed by atoms with Crippen LogP contribution in [0.3, 0.4) is 0 Å². The number of nitrogens with zero attached hydrogens (tertiary/aromatic N) is 4. The van der Waals surface area contributed by atoms with Crippen molar-refractivity contribution in [1.29, 1.82) is 0 Å². The molecule has 0 N–H and O–H groups in total. The third-order valence-electron chi connectivity index (χ3n) is 3.82. The maximum absolute atomic E-state index is 13.8. The SMILES string of the molecule is CN(C[C@@H]1C[C@H](F)CN1Cc1cccs1)C(=O)c1cnns1. The summed E-state index contributed by atoms with van der Waals surface area (Å²) in [7, 11) is 1.75. The first-order valence-corrected chi connectivity index (χ1v) is 8.72. The normalized spacial score (nSPS) is 22.1. The lowest BCUT2D eigenvalue weighted by molar-refractivity contribution is 0.0754. The Kier molecular flexibility index (Phi) is 4.80. The van der Waals surface area contributed by atoms with Crippen LogP contribution >= 0.6 is 22.9 Å². The lowest BCUT2D eigenvalue weighted by atomic mass is 10.2. The van der Waals surface area contributed by atoms with Gasteiger partial charge in [0.25, 0.3) is 5.91 Å². The van der Waals surface area contributed by atoms with Crippen LogP contribution in [0.15, 0.2) is 23.7 Å². The molecule has 118 valence electrons. The smallest absolute Gasteiger partial charge is 0.267 e. The molecule has 2 aromatic rings. The van der Waals surface area contributed by atoms with Gasteiger partial charge in [0.15, 0.2) is 0 Å². The minimum absolute atomic E-state index is 0.0481. The van der Waals surface area contributed by atoms with Gasteiger partial charge in [-0.1, -0.05) is 10.6 Å². The van der Waals surface area contributed by atoms with Crippen molar-refractivity contribution >= 4 is 28.8 Å². The van der Waals surface area contributed by atoms with Crippen molar-refractivity contribution < 1.29 is 9.18 Å². The van der Waals surface area contributed by atoms with Crippen LogP contribution < -0.4 is 0 Å². The van der Waals surface area contributed by atoms with Crippen LogP contribution in [0.5, 0.6) is 0 Å². The number of hydrogen-bond acceptors (Lipinski definition) is 6.